The van der Waals surface area contributed by atoms with E-state index in [4.69, 9.17) is 16.0 Å². The number of hydrogen-bond donors (Lipinski definition) is 0. The summed E-state index contributed by atoms with van der Waals surface area (Å²) in [6.07, 6.45) is 0.960. The van der Waals surface area contributed by atoms with E-state index in [1.165, 1.54) is 0 Å². The fourth-order valence-corrected chi connectivity index (χ4v) is 3.48. The average molecular weight is 267 g/mol. The van der Waals surface area contributed by atoms with Crippen molar-refractivity contribution in [3.05, 3.63) is 35.0 Å². The van der Waals surface area contributed by atoms with Gasteiger partial charge < -0.3 is 4.42 Å². The maximum atomic E-state index is 12.2. The topological polar surface area (TPSA) is 30.2 Å². The Kier molecular flexibility index (Phi) is 2.89. The van der Waals surface area contributed by atoms with E-state index in [9.17, 15) is 4.79 Å². The van der Waals surface area contributed by atoms with Crippen LogP contribution in [0.25, 0.3) is 11.0 Å². The van der Waals surface area contributed by atoms with Crippen LogP contribution in [0, 0.1) is 5.92 Å². The van der Waals surface area contributed by atoms with Crippen LogP contribution in [0.1, 0.15) is 17.0 Å². The summed E-state index contributed by atoms with van der Waals surface area (Å²) in [4.78, 5) is 12.2. The molecule has 3 rings (SSSR count). The van der Waals surface area contributed by atoms with Gasteiger partial charge in [0, 0.05) is 22.1 Å². The molecule has 17 heavy (non-hydrogen) atoms. The predicted molar refractivity (Wildman–Crippen MR) is 71.0 cm³/mol. The van der Waals surface area contributed by atoms with Gasteiger partial charge in [-0.3, -0.25) is 4.79 Å². The van der Waals surface area contributed by atoms with Crippen molar-refractivity contribution in [1.29, 1.82) is 0 Å². The van der Waals surface area contributed by atoms with Gasteiger partial charge in [0.15, 0.2) is 5.76 Å². The summed E-state index contributed by atoms with van der Waals surface area (Å²) in [6, 6.07) is 7.19. The Labute approximate surface area is 108 Å². The fourth-order valence-electron chi connectivity index (χ4n) is 2.08. The maximum Gasteiger partial charge on any atom is 0.201 e. The summed E-state index contributed by atoms with van der Waals surface area (Å²) >= 11 is 7.74. The predicted octanol–water partition coefficient (Wildman–Crippen LogP) is 4.02. The SMILES string of the molecule is O=C(c1cc2cc(Cl)ccc2o1)C1CCSC1. The van der Waals surface area contributed by atoms with Gasteiger partial charge in [0.1, 0.15) is 5.58 Å². The van der Waals surface area contributed by atoms with Gasteiger partial charge >= 0.3 is 0 Å². The van der Waals surface area contributed by atoms with E-state index in [1.54, 1.807) is 18.2 Å². The number of thioether (sulfide) groups is 1. The van der Waals surface area contributed by atoms with E-state index in [1.807, 2.05) is 17.8 Å². The molecule has 1 aromatic carbocycles. The first-order valence-corrected chi connectivity index (χ1v) is 7.08. The molecule has 1 saturated heterocycles. The van der Waals surface area contributed by atoms with Gasteiger partial charge in [-0.1, -0.05) is 11.6 Å². The highest BCUT2D eigenvalue weighted by Crippen LogP contribution is 2.29. The quantitative estimate of drug-likeness (QED) is 0.769. The van der Waals surface area contributed by atoms with Crippen molar-refractivity contribution in [2.75, 3.05) is 11.5 Å². The highest BCUT2D eigenvalue weighted by Gasteiger charge is 2.26. The van der Waals surface area contributed by atoms with Crippen molar-refractivity contribution in [3.8, 4) is 0 Å². The lowest BCUT2D eigenvalue weighted by atomic mass is 10.0. The molecule has 0 N–H and O–H groups in total. The zero-order valence-corrected chi connectivity index (χ0v) is 10.7. The number of furan rings is 1. The maximum absolute atomic E-state index is 12.2. The number of Topliss-reactive ketones (excluding diaryl/α,β-unsaturated/α-hetero) is 1. The first-order chi connectivity index (χ1) is 8.24. The number of fused-ring (bicyclic) bond motifs is 1. The molecule has 0 amide bonds. The van der Waals surface area contributed by atoms with Crippen LogP contribution in [0.5, 0.6) is 0 Å². The van der Waals surface area contributed by atoms with Crippen molar-refractivity contribution in [2.24, 2.45) is 5.92 Å². The molecule has 4 heteroatoms. The summed E-state index contributed by atoms with van der Waals surface area (Å²) in [5.74, 6) is 2.70. The van der Waals surface area contributed by atoms with Crippen LogP contribution in [0.2, 0.25) is 5.02 Å². The van der Waals surface area contributed by atoms with Gasteiger partial charge in [-0.25, -0.2) is 0 Å². The first kappa shape index (κ1) is 11.2. The zero-order valence-electron chi connectivity index (χ0n) is 9.11. The lowest BCUT2D eigenvalue weighted by molar-refractivity contribution is 0.0908. The number of hydrogen-bond acceptors (Lipinski definition) is 3. The number of rotatable bonds is 2. The summed E-state index contributed by atoms with van der Waals surface area (Å²) in [5.41, 5.74) is 0.725. The monoisotopic (exact) mass is 266 g/mol. The van der Waals surface area contributed by atoms with Crippen molar-refractivity contribution in [3.63, 3.8) is 0 Å². The Morgan fingerprint density at radius 3 is 3.06 bits per heavy atom. The second kappa shape index (κ2) is 4.39. The molecule has 0 aliphatic carbocycles. The van der Waals surface area contributed by atoms with Crippen LogP contribution >= 0.6 is 23.4 Å². The minimum absolute atomic E-state index is 0.121. The third-order valence-corrected chi connectivity index (χ3v) is 4.42. The molecule has 0 bridgehead atoms. The molecule has 1 aromatic heterocycles. The molecule has 1 fully saturated rings. The summed E-state index contributed by atoms with van der Waals surface area (Å²) in [6.45, 7) is 0. The summed E-state index contributed by atoms with van der Waals surface area (Å²) in [5, 5.41) is 1.56. The standard InChI is InChI=1S/C13H11ClO2S/c14-10-1-2-11-9(5-10)6-12(16-11)13(15)8-3-4-17-7-8/h1-2,5-6,8H,3-4,7H2. The molecule has 2 nitrogen and oxygen atoms in total. The van der Waals surface area contributed by atoms with Crippen LogP contribution in [0.15, 0.2) is 28.7 Å². The van der Waals surface area contributed by atoms with E-state index in [0.29, 0.717) is 10.8 Å². The lowest BCUT2D eigenvalue weighted by Crippen LogP contribution is -2.12. The number of ketones is 1. The van der Waals surface area contributed by atoms with Crippen molar-refractivity contribution in [1.82, 2.24) is 0 Å². The number of carbonyl (C=O) groups excluding carboxylic acids is 1. The molecule has 0 saturated carbocycles. The second-order valence-electron chi connectivity index (χ2n) is 4.22. The Balaban J connectivity index is 1.97. The normalized spacial score (nSPS) is 19.9. The van der Waals surface area contributed by atoms with E-state index >= 15 is 0 Å². The van der Waals surface area contributed by atoms with Crippen LogP contribution in [0.3, 0.4) is 0 Å². The molecule has 1 aliphatic heterocycles. The van der Waals surface area contributed by atoms with Gasteiger partial charge in [0.05, 0.1) is 0 Å². The van der Waals surface area contributed by atoms with E-state index in [-0.39, 0.29) is 11.7 Å². The fraction of sp³-hybridized carbons (Fsp3) is 0.308. The van der Waals surface area contributed by atoms with E-state index < -0.39 is 0 Å². The van der Waals surface area contributed by atoms with Gasteiger partial charge in [0.2, 0.25) is 5.78 Å². The van der Waals surface area contributed by atoms with Gasteiger partial charge in [-0.15, -0.1) is 0 Å². The highest BCUT2D eigenvalue weighted by atomic mass is 35.5. The van der Waals surface area contributed by atoms with E-state index in [2.05, 4.69) is 0 Å². The Hall–Kier alpha value is -0.930. The van der Waals surface area contributed by atoms with Crippen LogP contribution in [-0.4, -0.2) is 17.3 Å². The summed E-state index contributed by atoms with van der Waals surface area (Å²) in [7, 11) is 0. The van der Waals surface area contributed by atoms with Crippen molar-refractivity contribution >= 4 is 40.1 Å². The molecular weight excluding hydrogens is 256 g/mol. The van der Waals surface area contributed by atoms with Gasteiger partial charge in [0.25, 0.3) is 0 Å². The van der Waals surface area contributed by atoms with E-state index in [0.717, 1.165) is 28.9 Å². The number of carbonyl (C=O) groups is 1. The molecule has 0 spiro atoms. The molecule has 0 radical (unpaired) electrons. The average Bonchev–Trinajstić information content (AvgIpc) is 2.96. The van der Waals surface area contributed by atoms with Crippen LogP contribution in [-0.2, 0) is 0 Å². The third-order valence-electron chi connectivity index (χ3n) is 3.02. The second-order valence-corrected chi connectivity index (χ2v) is 5.80. The molecule has 2 heterocycles. The molecule has 88 valence electrons. The Morgan fingerprint density at radius 1 is 1.41 bits per heavy atom. The number of halogens is 1. The molecule has 1 atom stereocenters. The van der Waals surface area contributed by atoms with Crippen molar-refractivity contribution in [2.45, 2.75) is 6.42 Å². The minimum atomic E-state index is 0.121. The zero-order chi connectivity index (χ0) is 11.8. The first-order valence-electron chi connectivity index (χ1n) is 5.55. The molecule has 2 aromatic rings. The third kappa shape index (κ3) is 2.09. The molecule has 1 unspecified atom stereocenters. The molecule has 1 aliphatic rings. The van der Waals surface area contributed by atoms with Gasteiger partial charge in [-0.05, 0) is 36.4 Å². The highest BCUT2D eigenvalue weighted by molar-refractivity contribution is 7.99. The lowest BCUT2D eigenvalue weighted by Gasteiger charge is -2.02. The van der Waals surface area contributed by atoms with Gasteiger partial charge in [-0.2, -0.15) is 11.8 Å². The van der Waals surface area contributed by atoms with Crippen LogP contribution < -0.4 is 0 Å². The Bertz CT molecular complexity index is 570. The summed E-state index contributed by atoms with van der Waals surface area (Å²) < 4.78 is 5.58. The minimum Gasteiger partial charge on any atom is -0.453 e. The Morgan fingerprint density at radius 2 is 2.29 bits per heavy atom. The largest absolute Gasteiger partial charge is 0.453 e. The smallest absolute Gasteiger partial charge is 0.201 e. The van der Waals surface area contributed by atoms with Crippen molar-refractivity contribution < 1.29 is 9.21 Å². The molecular formula is C13H11ClO2S. The number of benzene rings is 1. The van der Waals surface area contributed by atoms with Crippen LogP contribution in [0.4, 0.5) is 0 Å².